The molecule has 2 aromatic carbocycles. The third kappa shape index (κ3) is 4.36. The van der Waals surface area contributed by atoms with E-state index in [0.717, 1.165) is 33.2 Å². The maximum atomic E-state index is 12.5. The quantitative estimate of drug-likeness (QED) is 0.221. The summed E-state index contributed by atoms with van der Waals surface area (Å²) in [5, 5.41) is 1.42. The number of rotatable bonds is 7. The molecule has 0 fully saturated rings. The number of fused-ring (bicyclic) bond motifs is 1. The summed E-state index contributed by atoms with van der Waals surface area (Å²) in [6, 6.07) is 20.5. The predicted octanol–water partition coefficient (Wildman–Crippen LogP) is 6.59. The zero-order valence-corrected chi connectivity index (χ0v) is 20.6. The van der Waals surface area contributed by atoms with Crippen molar-refractivity contribution in [2.75, 3.05) is 4.90 Å². The van der Waals surface area contributed by atoms with Crippen LogP contribution in [0.3, 0.4) is 0 Å². The molecule has 0 aliphatic heterocycles. The first-order valence-electron chi connectivity index (χ1n) is 10.6. The molecule has 1 atom stereocenters. The maximum absolute atomic E-state index is 12.5. The number of benzene rings is 2. The van der Waals surface area contributed by atoms with Gasteiger partial charge in [0.25, 0.3) is 0 Å². The van der Waals surface area contributed by atoms with E-state index in [0.29, 0.717) is 28.7 Å². The smallest absolute Gasteiger partial charge is 0.217 e. The monoisotopic (exact) mass is 534 g/mol. The number of amides is 1. The molecule has 3 heterocycles. The van der Waals surface area contributed by atoms with Gasteiger partial charge in [-0.15, -0.1) is 0 Å². The molecule has 0 bridgehead atoms. The van der Waals surface area contributed by atoms with Crippen molar-refractivity contribution in [1.82, 2.24) is 14.5 Å². The number of carbonyl (C=O) groups is 1. The Morgan fingerprint density at radius 1 is 1.12 bits per heavy atom. The highest BCUT2D eigenvalue weighted by Gasteiger charge is 2.29. The number of carbonyl (C=O) groups excluding carboxylic acids is 1. The Labute approximate surface area is 209 Å². The van der Waals surface area contributed by atoms with Crippen LogP contribution in [0.25, 0.3) is 22.2 Å². The Morgan fingerprint density at radius 3 is 2.68 bits per heavy atom. The van der Waals surface area contributed by atoms with Crippen LogP contribution in [-0.2, 0) is 18.3 Å². The van der Waals surface area contributed by atoms with Crippen LogP contribution < -0.4 is 4.90 Å². The number of aromatic nitrogens is 3. The van der Waals surface area contributed by atoms with Gasteiger partial charge in [0, 0.05) is 46.3 Å². The van der Waals surface area contributed by atoms with Crippen molar-refractivity contribution in [1.29, 1.82) is 0 Å². The molecular weight excluding hydrogens is 516 g/mol. The van der Waals surface area contributed by atoms with Gasteiger partial charge < -0.3 is 8.98 Å². The van der Waals surface area contributed by atoms with Gasteiger partial charge >= 0.3 is 0 Å². The summed E-state index contributed by atoms with van der Waals surface area (Å²) in [4.78, 5) is 23.2. The molecule has 5 rings (SSSR count). The summed E-state index contributed by atoms with van der Waals surface area (Å²) in [6.45, 7) is 0. The van der Waals surface area contributed by atoms with Crippen molar-refractivity contribution in [3.63, 3.8) is 0 Å². The summed E-state index contributed by atoms with van der Waals surface area (Å²) in [5.41, 5.74) is 3.46. The first kappa shape index (κ1) is 22.4. The van der Waals surface area contributed by atoms with Gasteiger partial charge in [-0.25, -0.2) is 4.98 Å². The van der Waals surface area contributed by atoms with Gasteiger partial charge in [0.15, 0.2) is 0 Å². The van der Waals surface area contributed by atoms with Gasteiger partial charge in [0.1, 0.15) is 17.4 Å². The molecule has 6 nitrogen and oxygen atoms in total. The Hall–Kier alpha value is -3.42. The lowest BCUT2D eigenvalue weighted by molar-refractivity contribution is -0.108. The lowest BCUT2D eigenvalue weighted by Gasteiger charge is -2.26. The van der Waals surface area contributed by atoms with Crippen molar-refractivity contribution in [3.8, 4) is 11.3 Å². The van der Waals surface area contributed by atoms with Crippen LogP contribution in [0.15, 0.2) is 88.0 Å². The normalized spacial score (nSPS) is 12.1. The number of imidazole rings is 1. The van der Waals surface area contributed by atoms with E-state index in [1.54, 1.807) is 23.2 Å². The molecule has 8 heteroatoms. The fraction of sp³-hybridized carbons (Fsp3) is 0.115. The number of hydrogen-bond acceptors (Lipinski definition) is 4. The summed E-state index contributed by atoms with van der Waals surface area (Å²) >= 11 is 9.63. The van der Waals surface area contributed by atoms with Crippen molar-refractivity contribution < 1.29 is 9.21 Å². The molecule has 5 aromatic rings. The van der Waals surface area contributed by atoms with E-state index in [9.17, 15) is 4.79 Å². The second kappa shape index (κ2) is 9.44. The standard InChI is InChI=1S/C26H20BrClN4O2/c1-31-23(17-5-7-19(27)8-6-17)15-30-26(31)22(14-21-4-2-3-11-29-21)32(16-33)25-13-18-12-20(28)9-10-24(18)34-25/h2-13,15-16,22H,14H2,1H3. The molecular formula is C26H20BrClN4O2. The zero-order valence-electron chi connectivity index (χ0n) is 18.2. The van der Waals surface area contributed by atoms with E-state index in [1.807, 2.05) is 72.4 Å². The van der Waals surface area contributed by atoms with Crippen molar-refractivity contribution >= 4 is 50.8 Å². The van der Waals surface area contributed by atoms with E-state index in [2.05, 4.69) is 20.9 Å². The van der Waals surface area contributed by atoms with Crippen molar-refractivity contribution in [2.45, 2.75) is 12.5 Å². The molecule has 0 aliphatic carbocycles. The van der Waals surface area contributed by atoms with Crippen molar-refractivity contribution in [2.24, 2.45) is 7.05 Å². The van der Waals surface area contributed by atoms with Crippen LogP contribution in [0.4, 0.5) is 5.88 Å². The van der Waals surface area contributed by atoms with Gasteiger partial charge in [0.05, 0.1) is 11.9 Å². The fourth-order valence-electron chi connectivity index (χ4n) is 4.06. The van der Waals surface area contributed by atoms with Gasteiger partial charge in [-0.1, -0.05) is 45.7 Å². The second-order valence-electron chi connectivity index (χ2n) is 7.89. The maximum Gasteiger partial charge on any atom is 0.217 e. The van der Waals surface area contributed by atoms with E-state index >= 15 is 0 Å². The highest BCUT2D eigenvalue weighted by Crippen LogP contribution is 2.35. The first-order valence-corrected chi connectivity index (χ1v) is 11.8. The molecule has 34 heavy (non-hydrogen) atoms. The van der Waals surface area contributed by atoms with Gasteiger partial charge in [-0.2, -0.15) is 0 Å². The number of hydrogen-bond donors (Lipinski definition) is 0. The number of nitrogens with zero attached hydrogens (tertiary/aromatic N) is 4. The van der Waals surface area contributed by atoms with Gasteiger partial charge in [-0.3, -0.25) is 14.7 Å². The number of halogens is 2. The molecule has 0 N–H and O–H groups in total. The minimum atomic E-state index is -0.447. The predicted molar refractivity (Wildman–Crippen MR) is 137 cm³/mol. The molecule has 170 valence electrons. The molecule has 1 unspecified atom stereocenters. The summed E-state index contributed by atoms with van der Waals surface area (Å²) in [5.74, 6) is 1.13. The third-order valence-corrected chi connectivity index (χ3v) is 6.52. The largest absolute Gasteiger partial charge is 0.440 e. The summed E-state index contributed by atoms with van der Waals surface area (Å²) < 4.78 is 9.04. The second-order valence-corrected chi connectivity index (χ2v) is 9.24. The molecule has 3 aromatic heterocycles. The van der Waals surface area contributed by atoms with Crippen LogP contribution in [0.1, 0.15) is 17.6 Å². The zero-order chi connectivity index (χ0) is 23.7. The van der Waals surface area contributed by atoms with Crippen LogP contribution in [0.5, 0.6) is 0 Å². The van der Waals surface area contributed by atoms with Crippen LogP contribution in [0.2, 0.25) is 5.02 Å². The minimum Gasteiger partial charge on any atom is -0.440 e. The molecule has 0 radical (unpaired) electrons. The topological polar surface area (TPSA) is 64.2 Å². The number of anilines is 1. The SMILES string of the molecule is Cn1c(-c2ccc(Br)cc2)cnc1C(Cc1ccccn1)N(C=O)c1cc2cc(Cl)ccc2o1. The molecule has 1 amide bonds. The molecule has 0 spiro atoms. The van der Waals surface area contributed by atoms with E-state index in [4.69, 9.17) is 21.0 Å². The average Bonchev–Trinajstić information content (AvgIpc) is 3.43. The highest BCUT2D eigenvalue weighted by atomic mass is 79.9. The number of furan rings is 1. The van der Waals surface area contributed by atoms with Crippen LogP contribution in [-0.4, -0.2) is 20.9 Å². The van der Waals surface area contributed by atoms with E-state index in [1.165, 1.54) is 0 Å². The average molecular weight is 536 g/mol. The van der Waals surface area contributed by atoms with Crippen LogP contribution in [0, 0.1) is 0 Å². The lowest BCUT2D eigenvalue weighted by atomic mass is 10.1. The Bertz CT molecular complexity index is 1450. The summed E-state index contributed by atoms with van der Waals surface area (Å²) in [6.07, 6.45) is 4.81. The number of pyridine rings is 1. The van der Waals surface area contributed by atoms with E-state index in [-0.39, 0.29) is 0 Å². The van der Waals surface area contributed by atoms with Gasteiger partial charge in [-0.05, 0) is 48.0 Å². The summed E-state index contributed by atoms with van der Waals surface area (Å²) in [7, 11) is 1.95. The van der Waals surface area contributed by atoms with Crippen molar-refractivity contribution in [3.05, 3.63) is 100 Å². The van der Waals surface area contributed by atoms with Crippen LogP contribution >= 0.6 is 27.5 Å². The third-order valence-electron chi connectivity index (χ3n) is 5.76. The Kier molecular flexibility index (Phi) is 6.22. The Morgan fingerprint density at radius 2 is 1.94 bits per heavy atom. The lowest BCUT2D eigenvalue weighted by Crippen LogP contribution is -2.31. The fourth-order valence-corrected chi connectivity index (χ4v) is 4.50. The highest BCUT2D eigenvalue weighted by molar-refractivity contribution is 9.10. The molecule has 0 aliphatic rings. The van der Waals surface area contributed by atoms with E-state index < -0.39 is 6.04 Å². The Balaban J connectivity index is 1.60. The molecule has 0 saturated carbocycles. The molecule has 0 saturated heterocycles. The minimum absolute atomic E-state index is 0.418. The van der Waals surface area contributed by atoms with Gasteiger partial charge in [0.2, 0.25) is 12.3 Å². The first-order chi connectivity index (χ1) is 16.5.